The summed E-state index contributed by atoms with van der Waals surface area (Å²) < 4.78 is 18.9. The summed E-state index contributed by atoms with van der Waals surface area (Å²) in [6.07, 6.45) is 2.08. The van der Waals surface area contributed by atoms with Gasteiger partial charge in [-0.1, -0.05) is 12.1 Å². The van der Waals surface area contributed by atoms with Gasteiger partial charge in [0.05, 0.1) is 0 Å². The summed E-state index contributed by atoms with van der Waals surface area (Å²) in [7, 11) is 1.56. The van der Waals surface area contributed by atoms with Crippen LogP contribution in [0.15, 0.2) is 42.6 Å². The summed E-state index contributed by atoms with van der Waals surface area (Å²) >= 11 is 0. The third-order valence-electron chi connectivity index (χ3n) is 4.35. The lowest BCUT2D eigenvalue weighted by atomic mass is 10.2. The van der Waals surface area contributed by atoms with E-state index in [1.807, 2.05) is 0 Å². The molecule has 0 spiro atoms. The summed E-state index contributed by atoms with van der Waals surface area (Å²) in [5.41, 5.74) is 0.636. The van der Waals surface area contributed by atoms with Crippen LogP contribution in [0.5, 0.6) is 11.6 Å². The van der Waals surface area contributed by atoms with Gasteiger partial charge >= 0.3 is 6.03 Å². The number of hydrogen-bond acceptors (Lipinski definition) is 5. The molecule has 0 unspecified atom stereocenters. The molecule has 0 saturated carbocycles. The van der Waals surface area contributed by atoms with Crippen LogP contribution >= 0.6 is 0 Å². The average Bonchev–Trinajstić information content (AvgIpc) is 2.93. The first-order chi connectivity index (χ1) is 13.9. The predicted octanol–water partition coefficient (Wildman–Crippen LogP) is 2.30. The summed E-state index contributed by atoms with van der Waals surface area (Å²) in [6, 6.07) is 8.81. The molecule has 1 aromatic carbocycles. The smallest absolute Gasteiger partial charge is 0.326 e. The molecule has 1 fully saturated rings. The van der Waals surface area contributed by atoms with Crippen molar-refractivity contribution in [2.24, 2.45) is 0 Å². The normalized spacial score (nSPS) is 13.7. The first kappa shape index (κ1) is 20.2. The molecule has 4 amide bonds. The van der Waals surface area contributed by atoms with E-state index >= 15 is 0 Å². The van der Waals surface area contributed by atoms with Gasteiger partial charge < -0.3 is 15.0 Å². The van der Waals surface area contributed by atoms with Crippen LogP contribution in [0.25, 0.3) is 0 Å². The standard InChI is InChI=1S/C20H21FN4O4/c1-24-13-18(27)25(20(24)28)10-4-8-17(26)23-12-14-5-3-9-22-19(14)29-16-7-2-6-15(21)11-16/h2-3,5-7,9,11H,4,8,10,12-13H2,1H3,(H,23,26). The Kier molecular flexibility index (Phi) is 6.38. The van der Waals surface area contributed by atoms with Gasteiger partial charge in [-0.2, -0.15) is 0 Å². The molecule has 1 aliphatic heterocycles. The highest BCUT2D eigenvalue weighted by molar-refractivity contribution is 6.01. The molecule has 8 nitrogen and oxygen atoms in total. The van der Waals surface area contributed by atoms with Gasteiger partial charge in [0.2, 0.25) is 17.7 Å². The second kappa shape index (κ2) is 9.13. The van der Waals surface area contributed by atoms with Crippen molar-refractivity contribution in [2.75, 3.05) is 20.1 Å². The minimum Gasteiger partial charge on any atom is -0.439 e. The van der Waals surface area contributed by atoms with Gasteiger partial charge in [-0.05, 0) is 24.6 Å². The van der Waals surface area contributed by atoms with Gasteiger partial charge in [0.15, 0.2) is 0 Å². The van der Waals surface area contributed by atoms with E-state index < -0.39 is 5.82 Å². The first-order valence-corrected chi connectivity index (χ1v) is 9.13. The van der Waals surface area contributed by atoms with Gasteiger partial charge in [0, 0.05) is 44.4 Å². The lowest BCUT2D eigenvalue weighted by Gasteiger charge is -2.14. The molecule has 1 saturated heterocycles. The SMILES string of the molecule is CN1CC(=O)N(CCCC(=O)NCc2cccnc2Oc2cccc(F)c2)C1=O. The summed E-state index contributed by atoms with van der Waals surface area (Å²) in [5.74, 6) is -0.323. The van der Waals surface area contributed by atoms with E-state index in [0.717, 1.165) is 4.90 Å². The third kappa shape index (κ3) is 5.28. The Morgan fingerprint density at radius 1 is 1.28 bits per heavy atom. The molecule has 1 aliphatic rings. The number of aromatic nitrogens is 1. The number of imide groups is 1. The van der Waals surface area contributed by atoms with Crippen LogP contribution in [0.4, 0.5) is 9.18 Å². The molecule has 0 radical (unpaired) electrons. The minimum absolute atomic E-state index is 0.0696. The summed E-state index contributed by atoms with van der Waals surface area (Å²) in [6.45, 7) is 0.456. The average molecular weight is 400 g/mol. The Morgan fingerprint density at radius 3 is 2.83 bits per heavy atom. The van der Waals surface area contributed by atoms with E-state index in [1.54, 1.807) is 31.4 Å². The highest BCUT2D eigenvalue weighted by Gasteiger charge is 2.32. The van der Waals surface area contributed by atoms with E-state index in [0.29, 0.717) is 17.7 Å². The molecule has 1 aromatic heterocycles. The van der Waals surface area contributed by atoms with Crippen molar-refractivity contribution >= 4 is 17.8 Å². The van der Waals surface area contributed by atoms with Crippen LogP contribution < -0.4 is 10.1 Å². The zero-order chi connectivity index (χ0) is 20.8. The first-order valence-electron chi connectivity index (χ1n) is 9.13. The van der Waals surface area contributed by atoms with E-state index in [1.165, 1.54) is 23.1 Å². The molecule has 0 atom stereocenters. The number of ether oxygens (including phenoxy) is 1. The fourth-order valence-corrected chi connectivity index (χ4v) is 2.86. The number of carbonyl (C=O) groups is 3. The number of hydrogen-bond donors (Lipinski definition) is 1. The maximum absolute atomic E-state index is 13.3. The largest absolute Gasteiger partial charge is 0.439 e. The number of urea groups is 1. The van der Waals surface area contributed by atoms with E-state index in [4.69, 9.17) is 4.74 Å². The Labute approximate surface area is 167 Å². The van der Waals surface area contributed by atoms with Crippen molar-refractivity contribution in [1.29, 1.82) is 0 Å². The number of likely N-dealkylation sites (N-methyl/N-ethyl adjacent to an activating group) is 1. The number of pyridine rings is 1. The zero-order valence-electron chi connectivity index (χ0n) is 15.9. The Morgan fingerprint density at radius 2 is 2.10 bits per heavy atom. The second-order valence-corrected chi connectivity index (χ2v) is 6.59. The number of benzene rings is 1. The van der Waals surface area contributed by atoms with Crippen molar-refractivity contribution in [3.05, 3.63) is 54.0 Å². The van der Waals surface area contributed by atoms with Gasteiger partial charge in [-0.25, -0.2) is 14.2 Å². The van der Waals surface area contributed by atoms with E-state index in [-0.39, 0.29) is 49.8 Å². The van der Waals surface area contributed by atoms with Crippen LogP contribution in [-0.4, -0.2) is 52.8 Å². The maximum Gasteiger partial charge on any atom is 0.326 e. The monoisotopic (exact) mass is 400 g/mol. The molecule has 0 aliphatic carbocycles. The third-order valence-corrected chi connectivity index (χ3v) is 4.35. The van der Waals surface area contributed by atoms with Crippen LogP contribution in [0.1, 0.15) is 18.4 Å². The Balaban J connectivity index is 1.49. The second-order valence-electron chi connectivity index (χ2n) is 6.59. The molecule has 9 heteroatoms. The van der Waals surface area contributed by atoms with E-state index in [2.05, 4.69) is 10.3 Å². The predicted molar refractivity (Wildman–Crippen MR) is 102 cm³/mol. The lowest BCUT2D eigenvalue weighted by molar-refractivity contribution is -0.126. The van der Waals surface area contributed by atoms with Crippen LogP contribution in [0.2, 0.25) is 0 Å². The van der Waals surface area contributed by atoms with Crippen molar-refractivity contribution in [2.45, 2.75) is 19.4 Å². The van der Waals surface area contributed by atoms with Gasteiger partial charge in [0.1, 0.15) is 18.1 Å². The number of halogens is 1. The molecule has 29 heavy (non-hydrogen) atoms. The number of nitrogens with zero attached hydrogens (tertiary/aromatic N) is 3. The lowest BCUT2D eigenvalue weighted by Crippen LogP contribution is -2.33. The number of carbonyl (C=O) groups excluding carboxylic acids is 3. The van der Waals surface area contributed by atoms with Gasteiger partial charge in [0.25, 0.3) is 0 Å². The Hall–Kier alpha value is -3.49. The molecule has 1 N–H and O–H groups in total. The number of amides is 4. The molecule has 0 bridgehead atoms. The van der Waals surface area contributed by atoms with Crippen molar-refractivity contribution in [3.63, 3.8) is 0 Å². The Bertz CT molecular complexity index is 921. The molecule has 3 rings (SSSR count). The molecule has 2 aromatic rings. The number of rotatable bonds is 8. The van der Waals surface area contributed by atoms with Crippen LogP contribution in [0.3, 0.4) is 0 Å². The molecule has 2 heterocycles. The maximum atomic E-state index is 13.3. The van der Waals surface area contributed by atoms with E-state index in [9.17, 15) is 18.8 Å². The fourth-order valence-electron chi connectivity index (χ4n) is 2.86. The highest BCUT2D eigenvalue weighted by Crippen LogP contribution is 2.23. The quantitative estimate of drug-likeness (QED) is 0.687. The van der Waals surface area contributed by atoms with Crippen LogP contribution in [-0.2, 0) is 16.1 Å². The van der Waals surface area contributed by atoms with Crippen molar-refractivity contribution in [3.8, 4) is 11.6 Å². The fraction of sp³-hybridized carbons (Fsp3) is 0.300. The summed E-state index contributed by atoms with van der Waals surface area (Å²) in [5, 5.41) is 2.76. The van der Waals surface area contributed by atoms with Crippen molar-refractivity contribution < 1.29 is 23.5 Å². The summed E-state index contributed by atoms with van der Waals surface area (Å²) in [4.78, 5) is 42.2. The van der Waals surface area contributed by atoms with Crippen LogP contribution in [0, 0.1) is 5.82 Å². The topological polar surface area (TPSA) is 91.8 Å². The molecular formula is C20H21FN4O4. The zero-order valence-corrected chi connectivity index (χ0v) is 15.9. The van der Waals surface area contributed by atoms with Crippen molar-refractivity contribution in [1.82, 2.24) is 20.1 Å². The highest BCUT2D eigenvalue weighted by atomic mass is 19.1. The number of nitrogens with one attached hydrogen (secondary N) is 1. The van der Waals surface area contributed by atoms with Gasteiger partial charge in [-0.15, -0.1) is 0 Å². The van der Waals surface area contributed by atoms with Gasteiger partial charge in [-0.3, -0.25) is 14.5 Å². The minimum atomic E-state index is -0.422. The molecule has 152 valence electrons. The molecular weight excluding hydrogens is 379 g/mol.